The number of amides is 1. The molecular formula is C17H22FNO. The van der Waals surface area contributed by atoms with Crippen molar-refractivity contribution in [3.05, 3.63) is 41.7 Å². The van der Waals surface area contributed by atoms with Crippen LogP contribution in [0.5, 0.6) is 0 Å². The first-order chi connectivity index (χ1) is 9.58. The zero-order valence-electron chi connectivity index (χ0n) is 12.2. The highest BCUT2D eigenvalue weighted by Gasteiger charge is 2.27. The molecule has 3 heteroatoms. The normalized spacial score (nSPS) is 19.8. The standard InChI is InChI=1S/C17H22FNO/c1-13(2)16-8-3-4-11-19(16)17(20)10-9-14-6-5-7-15(18)12-14/h5-7,9-10,12-13,16H,3-4,8,11H2,1-2H3/b10-9+. The molecule has 0 saturated carbocycles. The first kappa shape index (κ1) is 14.8. The largest absolute Gasteiger partial charge is 0.336 e. The first-order valence-electron chi connectivity index (χ1n) is 7.32. The molecule has 20 heavy (non-hydrogen) atoms. The Balaban J connectivity index is 2.06. The molecule has 0 aliphatic carbocycles. The van der Waals surface area contributed by atoms with E-state index in [-0.39, 0.29) is 11.7 Å². The highest BCUT2D eigenvalue weighted by Crippen LogP contribution is 2.23. The van der Waals surface area contributed by atoms with Crippen LogP contribution in [0.25, 0.3) is 6.08 Å². The average Bonchev–Trinajstić information content (AvgIpc) is 2.45. The van der Waals surface area contributed by atoms with Crippen molar-refractivity contribution in [3.8, 4) is 0 Å². The summed E-state index contributed by atoms with van der Waals surface area (Å²) in [5.41, 5.74) is 0.719. The number of nitrogens with zero attached hydrogens (tertiary/aromatic N) is 1. The Morgan fingerprint density at radius 1 is 1.40 bits per heavy atom. The van der Waals surface area contributed by atoms with Crippen molar-refractivity contribution in [2.24, 2.45) is 5.92 Å². The van der Waals surface area contributed by atoms with E-state index in [0.29, 0.717) is 12.0 Å². The number of halogens is 1. The minimum Gasteiger partial charge on any atom is -0.336 e. The van der Waals surface area contributed by atoms with Gasteiger partial charge in [-0.3, -0.25) is 4.79 Å². The molecule has 2 nitrogen and oxygen atoms in total. The predicted octanol–water partition coefficient (Wildman–Crippen LogP) is 3.88. The molecule has 1 amide bonds. The van der Waals surface area contributed by atoms with Crippen molar-refractivity contribution >= 4 is 12.0 Å². The molecule has 0 aromatic heterocycles. The minimum atomic E-state index is -0.280. The van der Waals surface area contributed by atoms with Crippen molar-refractivity contribution in [1.29, 1.82) is 0 Å². The molecule has 0 spiro atoms. The summed E-state index contributed by atoms with van der Waals surface area (Å²) in [4.78, 5) is 14.3. The zero-order valence-corrected chi connectivity index (χ0v) is 12.2. The van der Waals surface area contributed by atoms with E-state index in [1.165, 1.54) is 18.6 Å². The minimum absolute atomic E-state index is 0.0349. The van der Waals surface area contributed by atoms with Crippen LogP contribution in [-0.2, 0) is 4.79 Å². The second-order valence-electron chi connectivity index (χ2n) is 5.73. The van der Waals surface area contributed by atoms with E-state index in [9.17, 15) is 9.18 Å². The fourth-order valence-corrected chi connectivity index (χ4v) is 2.80. The average molecular weight is 275 g/mol. The van der Waals surface area contributed by atoms with Crippen molar-refractivity contribution < 1.29 is 9.18 Å². The zero-order chi connectivity index (χ0) is 14.5. The second-order valence-corrected chi connectivity index (χ2v) is 5.73. The van der Waals surface area contributed by atoms with Gasteiger partial charge in [0.05, 0.1) is 0 Å². The topological polar surface area (TPSA) is 20.3 Å². The summed E-state index contributed by atoms with van der Waals surface area (Å²) in [6.07, 6.45) is 6.60. The van der Waals surface area contributed by atoms with Gasteiger partial charge in [0.2, 0.25) is 5.91 Å². The number of hydrogen-bond donors (Lipinski definition) is 0. The van der Waals surface area contributed by atoms with Gasteiger partial charge >= 0.3 is 0 Å². The monoisotopic (exact) mass is 275 g/mol. The third-order valence-corrected chi connectivity index (χ3v) is 3.87. The molecule has 1 aromatic carbocycles. The van der Waals surface area contributed by atoms with E-state index in [1.807, 2.05) is 4.90 Å². The number of benzene rings is 1. The molecule has 2 rings (SSSR count). The maximum Gasteiger partial charge on any atom is 0.246 e. The molecule has 1 heterocycles. The molecule has 108 valence electrons. The molecular weight excluding hydrogens is 253 g/mol. The fraction of sp³-hybridized carbons (Fsp3) is 0.471. The molecule has 1 saturated heterocycles. The van der Waals surface area contributed by atoms with Gasteiger partial charge in [0.1, 0.15) is 5.82 Å². The van der Waals surface area contributed by atoms with Crippen LogP contribution in [0, 0.1) is 11.7 Å². The van der Waals surface area contributed by atoms with Crippen molar-refractivity contribution in [2.45, 2.75) is 39.2 Å². The number of rotatable bonds is 3. The molecule has 0 radical (unpaired) electrons. The van der Waals surface area contributed by atoms with E-state index < -0.39 is 0 Å². The first-order valence-corrected chi connectivity index (χ1v) is 7.32. The molecule has 0 N–H and O–H groups in total. The van der Waals surface area contributed by atoms with Gasteiger partial charge in [-0.15, -0.1) is 0 Å². The van der Waals surface area contributed by atoms with Crippen LogP contribution >= 0.6 is 0 Å². The summed E-state index contributed by atoms with van der Waals surface area (Å²) < 4.78 is 13.1. The highest BCUT2D eigenvalue weighted by molar-refractivity contribution is 5.92. The third-order valence-electron chi connectivity index (χ3n) is 3.87. The van der Waals surface area contributed by atoms with Crippen LogP contribution in [0.1, 0.15) is 38.7 Å². The number of likely N-dealkylation sites (tertiary alicyclic amines) is 1. The SMILES string of the molecule is CC(C)C1CCCCN1C(=O)/C=C/c1cccc(F)c1. The summed E-state index contributed by atoms with van der Waals surface area (Å²) in [6, 6.07) is 6.60. The van der Waals surface area contributed by atoms with Gasteiger partial charge in [0.15, 0.2) is 0 Å². The van der Waals surface area contributed by atoms with Gasteiger partial charge in [-0.1, -0.05) is 26.0 Å². The molecule has 1 fully saturated rings. The van der Waals surface area contributed by atoms with Crippen LogP contribution in [0.15, 0.2) is 30.3 Å². The molecule has 1 aromatic rings. The number of carbonyl (C=O) groups excluding carboxylic acids is 1. The van der Waals surface area contributed by atoms with E-state index in [1.54, 1.807) is 24.3 Å². The fourth-order valence-electron chi connectivity index (χ4n) is 2.80. The predicted molar refractivity (Wildman–Crippen MR) is 79.6 cm³/mol. The van der Waals surface area contributed by atoms with E-state index in [4.69, 9.17) is 0 Å². The Morgan fingerprint density at radius 2 is 2.20 bits per heavy atom. The van der Waals surface area contributed by atoms with E-state index >= 15 is 0 Å². The summed E-state index contributed by atoms with van der Waals surface area (Å²) in [6.45, 7) is 5.15. The lowest BCUT2D eigenvalue weighted by Gasteiger charge is -2.37. The number of carbonyl (C=O) groups is 1. The van der Waals surface area contributed by atoms with Crippen molar-refractivity contribution in [1.82, 2.24) is 4.90 Å². The third kappa shape index (κ3) is 3.69. The maximum absolute atomic E-state index is 13.1. The summed E-state index contributed by atoms with van der Waals surface area (Å²) in [5.74, 6) is 0.229. The second kappa shape index (κ2) is 6.69. The van der Waals surface area contributed by atoms with Crippen LogP contribution < -0.4 is 0 Å². The highest BCUT2D eigenvalue weighted by atomic mass is 19.1. The Kier molecular flexibility index (Phi) is 4.94. The number of piperidine rings is 1. The van der Waals surface area contributed by atoms with Gasteiger partial charge in [-0.2, -0.15) is 0 Å². The quantitative estimate of drug-likeness (QED) is 0.767. The van der Waals surface area contributed by atoms with E-state index in [0.717, 1.165) is 24.9 Å². The van der Waals surface area contributed by atoms with Gasteiger partial charge in [-0.05, 0) is 49.0 Å². The molecule has 1 aliphatic rings. The molecule has 0 bridgehead atoms. The molecule has 1 unspecified atom stereocenters. The van der Waals surface area contributed by atoms with Crippen LogP contribution in [0.4, 0.5) is 4.39 Å². The summed E-state index contributed by atoms with van der Waals surface area (Å²) >= 11 is 0. The summed E-state index contributed by atoms with van der Waals surface area (Å²) in [5, 5.41) is 0. The Bertz CT molecular complexity index is 496. The van der Waals surface area contributed by atoms with Gasteiger partial charge in [-0.25, -0.2) is 4.39 Å². The maximum atomic E-state index is 13.1. The van der Waals surface area contributed by atoms with Crippen LogP contribution in [-0.4, -0.2) is 23.4 Å². The van der Waals surface area contributed by atoms with Crippen molar-refractivity contribution in [3.63, 3.8) is 0 Å². The van der Waals surface area contributed by atoms with Crippen LogP contribution in [0.3, 0.4) is 0 Å². The lowest BCUT2D eigenvalue weighted by Crippen LogP contribution is -2.45. The Hall–Kier alpha value is -1.64. The smallest absolute Gasteiger partial charge is 0.246 e. The van der Waals surface area contributed by atoms with Gasteiger partial charge < -0.3 is 4.90 Å². The lowest BCUT2D eigenvalue weighted by atomic mass is 9.92. The number of hydrogen-bond acceptors (Lipinski definition) is 1. The van der Waals surface area contributed by atoms with E-state index in [2.05, 4.69) is 13.8 Å². The molecule has 1 aliphatic heterocycles. The van der Waals surface area contributed by atoms with Gasteiger partial charge in [0.25, 0.3) is 0 Å². The Labute approximate surface area is 120 Å². The van der Waals surface area contributed by atoms with Gasteiger partial charge in [0, 0.05) is 18.7 Å². The van der Waals surface area contributed by atoms with Crippen LogP contribution in [0.2, 0.25) is 0 Å². The molecule has 1 atom stereocenters. The lowest BCUT2D eigenvalue weighted by molar-refractivity contribution is -0.130. The Morgan fingerprint density at radius 3 is 2.90 bits per heavy atom. The van der Waals surface area contributed by atoms with Crippen molar-refractivity contribution in [2.75, 3.05) is 6.54 Å². The summed E-state index contributed by atoms with van der Waals surface area (Å²) in [7, 11) is 0.